The fourth-order valence-corrected chi connectivity index (χ4v) is 2.69. The van der Waals surface area contributed by atoms with Crippen molar-refractivity contribution in [2.45, 2.75) is 38.5 Å². The highest BCUT2D eigenvalue weighted by atomic mass is 16.5. The first-order valence-corrected chi connectivity index (χ1v) is 6.59. The van der Waals surface area contributed by atoms with Gasteiger partial charge in [0.05, 0.1) is 6.61 Å². The van der Waals surface area contributed by atoms with Gasteiger partial charge in [-0.1, -0.05) is 0 Å². The Kier molecular flexibility index (Phi) is 2.97. The van der Waals surface area contributed by atoms with E-state index < -0.39 is 0 Å². The van der Waals surface area contributed by atoms with E-state index in [0.717, 1.165) is 50.7 Å². The number of ether oxygens (including phenoxy) is 1. The molecule has 1 aliphatic heterocycles. The summed E-state index contributed by atoms with van der Waals surface area (Å²) in [6.45, 7) is 4.66. The summed E-state index contributed by atoms with van der Waals surface area (Å²) < 4.78 is 5.43. The highest BCUT2D eigenvalue weighted by molar-refractivity contribution is 5.49. The Morgan fingerprint density at radius 2 is 2.29 bits per heavy atom. The SMILES string of the molecule is CCNc1nc(C2CCOC2)nc2c1CCC2. The predicted molar refractivity (Wildman–Crippen MR) is 66.4 cm³/mol. The highest BCUT2D eigenvalue weighted by Gasteiger charge is 2.25. The van der Waals surface area contributed by atoms with Crippen LogP contribution in [0.4, 0.5) is 5.82 Å². The first-order chi connectivity index (χ1) is 8.38. The lowest BCUT2D eigenvalue weighted by Gasteiger charge is -2.13. The van der Waals surface area contributed by atoms with Crippen LogP contribution in [0.1, 0.15) is 42.8 Å². The van der Waals surface area contributed by atoms with E-state index in [2.05, 4.69) is 12.2 Å². The third-order valence-electron chi connectivity index (χ3n) is 3.59. The maximum absolute atomic E-state index is 5.43. The van der Waals surface area contributed by atoms with Gasteiger partial charge in [0.1, 0.15) is 11.6 Å². The fourth-order valence-electron chi connectivity index (χ4n) is 2.69. The number of hydrogen-bond donors (Lipinski definition) is 1. The van der Waals surface area contributed by atoms with E-state index in [4.69, 9.17) is 14.7 Å². The molecular weight excluding hydrogens is 214 g/mol. The van der Waals surface area contributed by atoms with Gasteiger partial charge >= 0.3 is 0 Å². The summed E-state index contributed by atoms with van der Waals surface area (Å²) in [5.41, 5.74) is 2.60. The summed E-state index contributed by atoms with van der Waals surface area (Å²) in [4.78, 5) is 9.46. The lowest BCUT2D eigenvalue weighted by molar-refractivity contribution is 0.193. The zero-order valence-electron chi connectivity index (χ0n) is 10.3. The molecule has 0 spiro atoms. The Hall–Kier alpha value is -1.16. The van der Waals surface area contributed by atoms with E-state index in [1.54, 1.807) is 0 Å². The number of rotatable bonds is 3. The fraction of sp³-hybridized carbons (Fsp3) is 0.692. The van der Waals surface area contributed by atoms with E-state index in [-0.39, 0.29) is 0 Å². The van der Waals surface area contributed by atoms with Gasteiger partial charge in [0.2, 0.25) is 0 Å². The molecule has 1 saturated heterocycles. The number of fused-ring (bicyclic) bond motifs is 1. The normalized spacial score (nSPS) is 22.8. The van der Waals surface area contributed by atoms with Crippen LogP contribution in [0.15, 0.2) is 0 Å². The van der Waals surface area contributed by atoms with Crippen molar-refractivity contribution in [3.8, 4) is 0 Å². The third kappa shape index (κ3) is 2.02. The van der Waals surface area contributed by atoms with Crippen LogP contribution < -0.4 is 5.32 Å². The Bertz CT molecular complexity index is 413. The molecule has 2 heterocycles. The minimum atomic E-state index is 0.401. The number of hydrogen-bond acceptors (Lipinski definition) is 4. The van der Waals surface area contributed by atoms with Crippen LogP contribution in [0.3, 0.4) is 0 Å². The maximum atomic E-state index is 5.43. The molecule has 92 valence electrons. The minimum absolute atomic E-state index is 0.401. The van der Waals surface area contributed by atoms with E-state index in [1.165, 1.54) is 17.7 Å². The van der Waals surface area contributed by atoms with Crippen LogP contribution in [0.2, 0.25) is 0 Å². The van der Waals surface area contributed by atoms with E-state index in [0.29, 0.717) is 5.92 Å². The first-order valence-electron chi connectivity index (χ1n) is 6.59. The van der Waals surface area contributed by atoms with E-state index in [1.807, 2.05) is 0 Å². The highest BCUT2D eigenvalue weighted by Crippen LogP contribution is 2.30. The van der Waals surface area contributed by atoms with Crippen LogP contribution >= 0.6 is 0 Å². The van der Waals surface area contributed by atoms with Crippen molar-refractivity contribution in [3.05, 3.63) is 17.1 Å². The molecule has 0 aromatic carbocycles. The second kappa shape index (κ2) is 4.61. The van der Waals surface area contributed by atoms with Gasteiger partial charge in [0.15, 0.2) is 0 Å². The molecule has 0 amide bonds. The van der Waals surface area contributed by atoms with Crippen molar-refractivity contribution in [2.75, 3.05) is 25.1 Å². The average molecular weight is 233 g/mol. The molecule has 0 saturated carbocycles. The van der Waals surface area contributed by atoms with Crippen LogP contribution in [-0.2, 0) is 17.6 Å². The van der Waals surface area contributed by atoms with Gasteiger partial charge in [-0.3, -0.25) is 0 Å². The summed E-state index contributed by atoms with van der Waals surface area (Å²) >= 11 is 0. The lowest BCUT2D eigenvalue weighted by Crippen LogP contribution is -2.11. The quantitative estimate of drug-likeness (QED) is 0.866. The molecule has 1 atom stereocenters. The summed E-state index contributed by atoms with van der Waals surface area (Å²) in [5, 5.41) is 3.38. The molecule has 2 aliphatic rings. The van der Waals surface area contributed by atoms with Gasteiger partial charge in [-0.05, 0) is 32.6 Å². The van der Waals surface area contributed by atoms with Crippen LogP contribution in [0.5, 0.6) is 0 Å². The zero-order chi connectivity index (χ0) is 11.7. The molecule has 3 rings (SSSR count). The van der Waals surface area contributed by atoms with Gasteiger partial charge in [0, 0.05) is 30.3 Å². The molecule has 1 N–H and O–H groups in total. The third-order valence-corrected chi connectivity index (χ3v) is 3.59. The number of aromatic nitrogens is 2. The predicted octanol–water partition coefficient (Wildman–Crippen LogP) is 1.90. The van der Waals surface area contributed by atoms with Crippen molar-refractivity contribution in [1.82, 2.24) is 9.97 Å². The lowest BCUT2D eigenvalue weighted by atomic mass is 10.1. The molecule has 1 aromatic heterocycles. The topological polar surface area (TPSA) is 47.0 Å². The molecule has 17 heavy (non-hydrogen) atoms. The van der Waals surface area contributed by atoms with Crippen LogP contribution in [0.25, 0.3) is 0 Å². The second-order valence-electron chi connectivity index (χ2n) is 4.80. The summed E-state index contributed by atoms with van der Waals surface area (Å²) in [6.07, 6.45) is 4.51. The minimum Gasteiger partial charge on any atom is -0.381 e. The van der Waals surface area contributed by atoms with Crippen LogP contribution in [0, 0.1) is 0 Å². The van der Waals surface area contributed by atoms with Gasteiger partial charge < -0.3 is 10.1 Å². The molecule has 4 heteroatoms. The van der Waals surface area contributed by atoms with Crippen molar-refractivity contribution in [3.63, 3.8) is 0 Å². The summed E-state index contributed by atoms with van der Waals surface area (Å²) in [6, 6.07) is 0. The monoisotopic (exact) mass is 233 g/mol. The van der Waals surface area contributed by atoms with Crippen molar-refractivity contribution in [2.24, 2.45) is 0 Å². The van der Waals surface area contributed by atoms with E-state index in [9.17, 15) is 0 Å². The largest absolute Gasteiger partial charge is 0.381 e. The molecular formula is C13H19N3O. The zero-order valence-corrected chi connectivity index (χ0v) is 10.3. The maximum Gasteiger partial charge on any atom is 0.136 e. The molecule has 0 radical (unpaired) electrons. The van der Waals surface area contributed by atoms with Gasteiger partial charge in [-0.15, -0.1) is 0 Å². The molecule has 4 nitrogen and oxygen atoms in total. The molecule has 1 aromatic rings. The van der Waals surface area contributed by atoms with Crippen molar-refractivity contribution in [1.29, 1.82) is 0 Å². The molecule has 0 bridgehead atoms. The number of nitrogens with one attached hydrogen (secondary N) is 1. The second-order valence-corrected chi connectivity index (χ2v) is 4.80. The van der Waals surface area contributed by atoms with Crippen LogP contribution in [-0.4, -0.2) is 29.7 Å². The summed E-state index contributed by atoms with van der Waals surface area (Å²) in [5.74, 6) is 2.45. The number of nitrogens with zero attached hydrogens (tertiary/aromatic N) is 2. The Balaban J connectivity index is 1.96. The average Bonchev–Trinajstić information content (AvgIpc) is 3.00. The first kappa shape index (κ1) is 11.0. The Morgan fingerprint density at radius 3 is 3.06 bits per heavy atom. The van der Waals surface area contributed by atoms with Gasteiger partial charge in [-0.2, -0.15) is 0 Å². The molecule has 1 fully saturated rings. The molecule has 1 aliphatic carbocycles. The van der Waals surface area contributed by atoms with Crippen molar-refractivity contribution >= 4 is 5.82 Å². The van der Waals surface area contributed by atoms with E-state index >= 15 is 0 Å². The number of aryl methyl sites for hydroxylation is 1. The van der Waals surface area contributed by atoms with Gasteiger partial charge in [-0.25, -0.2) is 9.97 Å². The number of anilines is 1. The van der Waals surface area contributed by atoms with Gasteiger partial charge in [0.25, 0.3) is 0 Å². The smallest absolute Gasteiger partial charge is 0.136 e. The van der Waals surface area contributed by atoms with Crippen molar-refractivity contribution < 1.29 is 4.74 Å². The molecule has 1 unspecified atom stereocenters. The standard InChI is InChI=1S/C13H19N3O/c1-2-14-13-10-4-3-5-11(10)15-12(16-13)9-6-7-17-8-9/h9H,2-8H2,1H3,(H,14,15,16). The Labute approximate surface area is 102 Å². The summed E-state index contributed by atoms with van der Waals surface area (Å²) in [7, 11) is 0. The Morgan fingerprint density at radius 1 is 1.35 bits per heavy atom.